The Balaban J connectivity index is 2.16. The summed E-state index contributed by atoms with van der Waals surface area (Å²) in [5, 5.41) is 0. The topological polar surface area (TPSA) is 28.7 Å². The predicted molar refractivity (Wildman–Crippen MR) is 79.5 cm³/mol. The summed E-state index contributed by atoms with van der Waals surface area (Å²) in [6, 6.07) is 6.56. The van der Waals surface area contributed by atoms with Crippen molar-refractivity contribution in [2.45, 2.75) is 30.9 Å². The van der Waals surface area contributed by atoms with Crippen LogP contribution in [-0.2, 0) is 12.2 Å². The van der Waals surface area contributed by atoms with E-state index < -0.39 is 0 Å². The lowest BCUT2D eigenvalue weighted by molar-refractivity contribution is 0.624. The quantitative estimate of drug-likeness (QED) is 0.667. The molecule has 0 spiro atoms. The number of aromatic nitrogens is 2. The molecule has 0 radical (unpaired) electrons. The molecule has 0 aliphatic rings. The molecule has 0 saturated carbocycles. The van der Waals surface area contributed by atoms with Crippen LogP contribution in [0.3, 0.4) is 0 Å². The standard InChI is InChI=1S/C14H15FN2S2/c1-3-12-9(2)14(18)17-13(16-12)8-19-11-6-4-5-10(15)7-11/h4-7H,3,8H2,1-2H3,(H,16,17,18). The van der Waals surface area contributed by atoms with E-state index in [1.165, 1.54) is 12.1 Å². The number of nitrogens with zero attached hydrogens (tertiary/aromatic N) is 1. The number of hydrogen-bond donors (Lipinski definition) is 1. The van der Waals surface area contributed by atoms with Crippen LogP contribution in [-0.4, -0.2) is 9.97 Å². The molecule has 0 saturated heterocycles. The van der Waals surface area contributed by atoms with Crippen LogP contribution in [0.2, 0.25) is 0 Å². The van der Waals surface area contributed by atoms with Crippen molar-refractivity contribution in [1.82, 2.24) is 9.97 Å². The molecular weight excluding hydrogens is 279 g/mol. The molecule has 100 valence electrons. The zero-order chi connectivity index (χ0) is 13.8. The third-order valence-electron chi connectivity index (χ3n) is 2.83. The summed E-state index contributed by atoms with van der Waals surface area (Å²) in [5.41, 5.74) is 2.16. The molecule has 1 N–H and O–H groups in total. The third kappa shape index (κ3) is 3.64. The molecule has 0 atom stereocenters. The summed E-state index contributed by atoms with van der Waals surface area (Å²) in [4.78, 5) is 8.55. The Morgan fingerprint density at radius 2 is 2.21 bits per heavy atom. The van der Waals surface area contributed by atoms with Crippen molar-refractivity contribution >= 4 is 24.0 Å². The van der Waals surface area contributed by atoms with Gasteiger partial charge in [0.1, 0.15) is 16.3 Å². The van der Waals surface area contributed by atoms with E-state index in [1.54, 1.807) is 17.8 Å². The first-order chi connectivity index (χ1) is 9.10. The van der Waals surface area contributed by atoms with Crippen LogP contribution in [0.4, 0.5) is 4.39 Å². The molecule has 19 heavy (non-hydrogen) atoms. The van der Waals surface area contributed by atoms with Gasteiger partial charge < -0.3 is 4.98 Å². The first-order valence-corrected chi connectivity index (χ1v) is 7.46. The van der Waals surface area contributed by atoms with Gasteiger partial charge in [-0.05, 0) is 31.5 Å². The zero-order valence-corrected chi connectivity index (χ0v) is 12.5. The van der Waals surface area contributed by atoms with Crippen LogP contribution < -0.4 is 0 Å². The van der Waals surface area contributed by atoms with Crippen LogP contribution in [0.5, 0.6) is 0 Å². The van der Waals surface area contributed by atoms with Gasteiger partial charge in [0.05, 0.1) is 5.75 Å². The lowest BCUT2D eigenvalue weighted by Gasteiger charge is -2.07. The molecule has 1 heterocycles. The van der Waals surface area contributed by atoms with Crippen molar-refractivity contribution < 1.29 is 4.39 Å². The third-order valence-corrected chi connectivity index (χ3v) is 4.23. The van der Waals surface area contributed by atoms with Crippen molar-refractivity contribution in [2.75, 3.05) is 0 Å². The molecule has 0 aliphatic heterocycles. The number of rotatable bonds is 4. The molecule has 5 heteroatoms. The molecule has 0 unspecified atom stereocenters. The maximum absolute atomic E-state index is 13.1. The Morgan fingerprint density at radius 3 is 2.89 bits per heavy atom. The largest absolute Gasteiger partial charge is 0.346 e. The summed E-state index contributed by atoms with van der Waals surface area (Å²) >= 11 is 6.79. The molecule has 2 nitrogen and oxygen atoms in total. The number of nitrogens with one attached hydrogen (secondary N) is 1. The monoisotopic (exact) mass is 294 g/mol. The van der Waals surface area contributed by atoms with Crippen molar-refractivity contribution in [3.05, 3.63) is 51.8 Å². The smallest absolute Gasteiger partial charge is 0.132 e. The summed E-state index contributed by atoms with van der Waals surface area (Å²) in [6.07, 6.45) is 0.898. The molecule has 0 aliphatic carbocycles. The zero-order valence-electron chi connectivity index (χ0n) is 10.9. The highest BCUT2D eigenvalue weighted by Crippen LogP contribution is 2.22. The summed E-state index contributed by atoms with van der Waals surface area (Å²) in [7, 11) is 0. The number of H-pyrrole nitrogens is 1. The van der Waals surface area contributed by atoms with E-state index in [-0.39, 0.29) is 5.82 Å². The van der Waals surface area contributed by atoms with Crippen LogP contribution >= 0.6 is 24.0 Å². The van der Waals surface area contributed by atoms with Crippen LogP contribution in [0.1, 0.15) is 24.0 Å². The fourth-order valence-electron chi connectivity index (χ4n) is 1.76. The maximum Gasteiger partial charge on any atom is 0.132 e. The molecule has 2 aromatic rings. The average molecular weight is 294 g/mol. The molecule has 1 aromatic heterocycles. The van der Waals surface area contributed by atoms with Gasteiger partial charge in [0.15, 0.2) is 0 Å². The second-order valence-corrected chi connectivity index (χ2v) is 5.63. The molecule has 2 rings (SSSR count). The van der Waals surface area contributed by atoms with Gasteiger partial charge >= 0.3 is 0 Å². The lowest BCUT2D eigenvalue weighted by Crippen LogP contribution is -2.01. The highest BCUT2D eigenvalue weighted by molar-refractivity contribution is 7.98. The second kappa shape index (κ2) is 6.30. The first-order valence-electron chi connectivity index (χ1n) is 6.07. The van der Waals surface area contributed by atoms with Crippen molar-refractivity contribution in [3.8, 4) is 0 Å². The average Bonchev–Trinajstić information content (AvgIpc) is 2.40. The van der Waals surface area contributed by atoms with Gasteiger partial charge in [0.2, 0.25) is 0 Å². The van der Waals surface area contributed by atoms with E-state index >= 15 is 0 Å². The van der Waals surface area contributed by atoms with E-state index in [9.17, 15) is 4.39 Å². The van der Waals surface area contributed by atoms with Crippen molar-refractivity contribution in [1.29, 1.82) is 0 Å². The van der Waals surface area contributed by atoms with E-state index in [0.29, 0.717) is 10.4 Å². The number of halogens is 1. The molecule has 0 amide bonds. The number of hydrogen-bond acceptors (Lipinski definition) is 3. The van der Waals surface area contributed by atoms with Gasteiger partial charge in [0, 0.05) is 16.2 Å². The summed E-state index contributed by atoms with van der Waals surface area (Å²) in [5.74, 6) is 1.27. The first kappa shape index (κ1) is 14.2. The van der Waals surface area contributed by atoms with E-state index in [1.807, 2.05) is 13.0 Å². The van der Waals surface area contributed by atoms with Crippen molar-refractivity contribution in [2.24, 2.45) is 0 Å². The highest BCUT2D eigenvalue weighted by Gasteiger charge is 2.04. The van der Waals surface area contributed by atoms with Crippen molar-refractivity contribution in [3.63, 3.8) is 0 Å². The van der Waals surface area contributed by atoms with E-state index in [4.69, 9.17) is 12.2 Å². The Hall–Kier alpha value is -1.20. The van der Waals surface area contributed by atoms with Gasteiger partial charge in [-0.3, -0.25) is 0 Å². The van der Waals surface area contributed by atoms with Gasteiger partial charge in [-0.15, -0.1) is 11.8 Å². The molecule has 0 bridgehead atoms. The maximum atomic E-state index is 13.1. The van der Waals surface area contributed by atoms with E-state index in [2.05, 4.69) is 16.9 Å². The fourth-order valence-corrected chi connectivity index (χ4v) is 2.81. The Labute approximate surface area is 121 Å². The Kier molecular flexibility index (Phi) is 4.71. The number of aromatic amines is 1. The minimum absolute atomic E-state index is 0.218. The normalized spacial score (nSPS) is 10.7. The minimum atomic E-state index is -0.218. The molecule has 0 fully saturated rings. The highest BCUT2D eigenvalue weighted by atomic mass is 32.2. The van der Waals surface area contributed by atoms with Gasteiger partial charge in [-0.2, -0.15) is 0 Å². The van der Waals surface area contributed by atoms with Crippen LogP contribution in [0, 0.1) is 17.4 Å². The Bertz CT molecular complexity index is 638. The number of aryl methyl sites for hydroxylation is 1. The van der Waals surface area contributed by atoms with Crippen LogP contribution in [0.15, 0.2) is 29.2 Å². The lowest BCUT2D eigenvalue weighted by atomic mass is 10.2. The number of thioether (sulfide) groups is 1. The van der Waals surface area contributed by atoms with Crippen LogP contribution in [0.25, 0.3) is 0 Å². The van der Waals surface area contributed by atoms with Gasteiger partial charge in [-0.25, -0.2) is 9.37 Å². The second-order valence-electron chi connectivity index (χ2n) is 4.19. The Morgan fingerprint density at radius 1 is 1.42 bits per heavy atom. The van der Waals surface area contributed by atoms with E-state index in [0.717, 1.165) is 28.4 Å². The molecule has 1 aromatic carbocycles. The summed E-state index contributed by atoms with van der Waals surface area (Å²) < 4.78 is 13.7. The SMILES string of the molecule is CCc1[nH]c(CSc2cccc(F)c2)nc(=S)c1C. The molecular formula is C14H15FN2S2. The van der Waals surface area contributed by atoms with Gasteiger partial charge in [0.25, 0.3) is 0 Å². The fraction of sp³-hybridized carbons (Fsp3) is 0.286. The van der Waals surface area contributed by atoms with Gasteiger partial charge in [-0.1, -0.05) is 25.2 Å². The number of benzene rings is 1. The summed E-state index contributed by atoms with van der Waals surface area (Å²) in [6.45, 7) is 4.06. The predicted octanol–water partition coefficient (Wildman–Crippen LogP) is 4.44. The minimum Gasteiger partial charge on any atom is -0.346 e.